The lowest BCUT2D eigenvalue weighted by molar-refractivity contribution is 0.671. The highest BCUT2D eigenvalue weighted by molar-refractivity contribution is 7.98. The summed E-state index contributed by atoms with van der Waals surface area (Å²) in [5.41, 5.74) is 1.16. The summed E-state index contributed by atoms with van der Waals surface area (Å²) in [7, 11) is 0. The molecule has 0 aliphatic heterocycles. The number of rotatable bonds is 8. The van der Waals surface area contributed by atoms with Gasteiger partial charge in [0.05, 0.1) is 5.75 Å². The lowest BCUT2D eigenvalue weighted by Crippen LogP contribution is -2.14. The largest absolute Gasteiger partial charge is 0.313 e. The van der Waals surface area contributed by atoms with E-state index in [2.05, 4.69) is 36.1 Å². The molecular formula is C13H23N3S. The van der Waals surface area contributed by atoms with Crippen molar-refractivity contribution in [2.24, 2.45) is 5.92 Å². The van der Waals surface area contributed by atoms with Crippen molar-refractivity contribution in [1.82, 2.24) is 15.3 Å². The van der Waals surface area contributed by atoms with Gasteiger partial charge in [0, 0.05) is 24.5 Å². The second-order valence-corrected chi connectivity index (χ2v) is 5.62. The lowest BCUT2D eigenvalue weighted by atomic mass is 10.3. The fourth-order valence-corrected chi connectivity index (χ4v) is 2.26. The molecule has 1 N–H and O–H groups in total. The van der Waals surface area contributed by atoms with Crippen LogP contribution in [0.15, 0.2) is 12.4 Å². The third kappa shape index (κ3) is 6.64. The first-order valence-electron chi connectivity index (χ1n) is 6.30. The SMILES string of the molecule is CCCNCc1cnc(CSCC(C)C)nc1. The Bertz CT molecular complexity index is 298. The Morgan fingerprint density at radius 1 is 1.29 bits per heavy atom. The minimum atomic E-state index is 0.734. The van der Waals surface area contributed by atoms with Crippen molar-refractivity contribution in [3.8, 4) is 0 Å². The van der Waals surface area contributed by atoms with Crippen LogP contribution in [0.4, 0.5) is 0 Å². The van der Waals surface area contributed by atoms with Crippen LogP contribution in [-0.4, -0.2) is 22.3 Å². The fourth-order valence-electron chi connectivity index (χ4n) is 1.34. The van der Waals surface area contributed by atoms with Crippen molar-refractivity contribution in [2.75, 3.05) is 12.3 Å². The molecule has 1 rings (SSSR count). The van der Waals surface area contributed by atoms with Gasteiger partial charge in [0.25, 0.3) is 0 Å². The topological polar surface area (TPSA) is 37.8 Å². The van der Waals surface area contributed by atoms with Crippen molar-refractivity contribution >= 4 is 11.8 Å². The Labute approximate surface area is 109 Å². The van der Waals surface area contributed by atoms with Crippen LogP contribution in [-0.2, 0) is 12.3 Å². The highest BCUT2D eigenvalue weighted by atomic mass is 32.2. The van der Waals surface area contributed by atoms with E-state index >= 15 is 0 Å². The van der Waals surface area contributed by atoms with Gasteiger partial charge in [-0.2, -0.15) is 11.8 Å². The van der Waals surface area contributed by atoms with Crippen LogP contribution in [0.3, 0.4) is 0 Å². The van der Waals surface area contributed by atoms with Gasteiger partial charge in [-0.1, -0.05) is 20.8 Å². The van der Waals surface area contributed by atoms with E-state index in [0.29, 0.717) is 0 Å². The maximum absolute atomic E-state index is 4.38. The van der Waals surface area contributed by atoms with E-state index < -0.39 is 0 Å². The molecule has 0 fully saturated rings. The van der Waals surface area contributed by atoms with Gasteiger partial charge in [-0.05, 0) is 24.6 Å². The number of thioether (sulfide) groups is 1. The second-order valence-electron chi connectivity index (χ2n) is 4.59. The van der Waals surface area contributed by atoms with Crippen LogP contribution in [0.1, 0.15) is 38.6 Å². The maximum atomic E-state index is 4.38. The van der Waals surface area contributed by atoms with E-state index in [1.807, 2.05) is 24.2 Å². The standard InChI is InChI=1S/C13H23N3S/c1-4-5-14-6-12-7-15-13(16-8-12)10-17-9-11(2)3/h7-8,11,14H,4-6,9-10H2,1-3H3. The van der Waals surface area contributed by atoms with E-state index in [4.69, 9.17) is 0 Å². The summed E-state index contributed by atoms with van der Waals surface area (Å²) in [5.74, 6) is 3.76. The quantitative estimate of drug-likeness (QED) is 0.723. The van der Waals surface area contributed by atoms with Crippen molar-refractivity contribution in [2.45, 2.75) is 39.5 Å². The molecule has 0 radical (unpaired) electrons. The van der Waals surface area contributed by atoms with Gasteiger partial charge in [0.2, 0.25) is 0 Å². The van der Waals surface area contributed by atoms with Crippen LogP contribution < -0.4 is 5.32 Å². The molecular weight excluding hydrogens is 230 g/mol. The van der Waals surface area contributed by atoms with Gasteiger partial charge < -0.3 is 5.32 Å². The summed E-state index contributed by atoms with van der Waals surface area (Å²) in [6.45, 7) is 8.55. The normalized spacial score (nSPS) is 11.1. The Morgan fingerprint density at radius 2 is 2.00 bits per heavy atom. The van der Waals surface area contributed by atoms with E-state index in [-0.39, 0.29) is 0 Å². The molecule has 1 heterocycles. The van der Waals surface area contributed by atoms with Gasteiger partial charge in [-0.25, -0.2) is 9.97 Å². The van der Waals surface area contributed by atoms with Gasteiger partial charge in [0.15, 0.2) is 0 Å². The summed E-state index contributed by atoms with van der Waals surface area (Å²) < 4.78 is 0. The molecule has 4 heteroatoms. The van der Waals surface area contributed by atoms with Crippen molar-refractivity contribution < 1.29 is 0 Å². The molecule has 3 nitrogen and oxygen atoms in total. The summed E-state index contributed by atoms with van der Waals surface area (Å²) in [6.07, 6.45) is 5.02. The molecule has 0 amide bonds. The molecule has 0 bridgehead atoms. The van der Waals surface area contributed by atoms with Crippen molar-refractivity contribution in [1.29, 1.82) is 0 Å². The van der Waals surface area contributed by atoms with Crippen LogP contribution >= 0.6 is 11.8 Å². The smallest absolute Gasteiger partial charge is 0.138 e. The third-order valence-corrected chi connectivity index (χ3v) is 3.56. The Balaban J connectivity index is 2.29. The molecule has 0 unspecified atom stereocenters. The number of aromatic nitrogens is 2. The van der Waals surface area contributed by atoms with E-state index in [0.717, 1.165) is 42.6 Å². The predicted octanol–water partition coefficient (Wildman–Crippen LogP) is 2.87. The molecule has 0 aliphatic rings. The summed E-state index contributed by atoms with van der Waals surface area (Å²) in [6, 6.07) is 0. The van der Waals surface area contributed by atoms with Crippen LogP contribution in [0.5, 0.6) is 0 Å². The first-order valence-corrected chi connectivity index (χ1v) is 7.46. The Morgan fingerprint density at radius 3 is 2.59 bits per heavy atom. The highest BCUT2D eigenvalue weighted by Crippen LogP contribution is 2.12. The summed E-state index contributed by atoms with van der Waals surface area (Å²) >= 11 is 1.90. The molecule has 0 aliphatic carbocycles. The fraction of sp³-hybridized carbons (Fsp3) is 0.692. The van der Waals surface area contributed by atoms with E-state index in [1.54, 1.807) is 0 Å². The zero-order chi connectivity index (χ0) is 12.5. The molecule has 1 aromatic heterocycles. The number of nitrogens with zero attached hydrogens (tertiary/aromatic N) is 2. The third-order valence-electron chi connectivity index (χ3n) is 2.20. The zero-order valence-electron chi connectivity index (χ0n) is 11.1. The molecule has 0 spiro atoms. The van der Waals surface area contributed by atoms with Gasteiger partial charge in [-0.15, -0.1) is 0 Å². The monoisotopic (exact) mass is 253 g/mol. The lowest BCUT2D eigenvalue weighted by Gasteiger charge is -2.05. The van der Waals surface area contributed by atoms with Gasteiger partial charge >= 0.3 is 0 Å². The summed E-state index contributed by atoms with van der Waals surface area (Å²) in [5, 5.41) is 3.34. The van der Waals surface area contributed by atoms with Gasteiger partial charge in [-0.3, -0.25) is 0 Å². The van der Waals surface area contributed by atoms with Gasteiger partial charge in [0.1, 0.15) is 5.82 Å². The van der Waals surface area contributed by atoms with Crippen LogP contribution in [0.2, 0.25) is 0 Å². The number of hydrogen-bond acceptors (Lipinski definition) is 4. The second kappa shape index (κ2) is 8.48. The Kier molecular flexibility index (Phi) is 7.21. The number of hydrogen-bond donors (Lipinski definition) is 1. The molecule has 0 saturated heterocycles. The Hall–Kier alpha value is -0.610. The molecule has 0 saturated carbocycles. The molecule has 0 atom stereocenters. The molecule has 1 aromatic rings. The zero-order valence-corrected chi connectivity index (χ0v) is 11.9. The van der Waals surface area contributed by atoms with Crippen LogP contribution in [0.25, 0.3) is 0 Å². The minimum absolute atomic E-state index is 0.734. The van der Waals surface area contributed by atoms with Crippen molar-refractivity contribution in [3.63, 3.8) is 0 Å². The van der Waals surface area contributed by atoms with E-state index in [1.165, 1.54) is 5.75 Å². The maximum Gasteiger partial charge on any atom is 0.138 e. The number of nitrogens with one attached hydrogen (secondary N) is 1. The first kappa shape index (κ1) is 14.5. The molecule has 17 heavy (non-hydrogen) atoms. The van der Waals surface area contributed by atoms with Crippen LogP contribution in [0, 0.1) is 5.92 Å². The predicted molar refractivity (Wildman–Crippen MR) is 75.0 cm³/mol. The minimum Gasteiger partial charge on any atom is -0.313 e. The molecule has 96 valence electrons. The average Bonchev–Trinajstić information content (AvgIpc) is 2.31. The summed E-state index contributed by atoms with van der Waals surface area (Å²) in [4.78, 5) is 8.76. The molecule has 0 aromatic carbocycles. The highest BCUT2D eigenvalue weighted by Gasteiger charge is 2.00. The van der Waals surface area contributed by atoms with E-state index in [9.17, 15) is 0 Å². The average molecular weight is 253 g/mol. The van der Waals surface area contributed by atoms with Crippen molar-refractivity contribution in [3.05, 3.63) is 23.8 Å². The first-order chi connectivity index (χ1) is 8.22.